The maximum absolute atomic E-state index is 12.9. The van der Waals surface area contributed by atoms with Crippen LogP contribution in [0, 0.1) is 17.0 Å². The van der Waals surface area contributed by atoms with Crippen molar-refractivity contribution >= 4 is 54.7 Å². The molecule has 0 amide bonds. The first-order chi connectivity index (χ1) is 15.3. The number of pyridine rings is 1. The van der Waals surface area contributed by atoms with Crippen molar-refractivity contribution in [2.45, 2.75) is 6.92 Å². The van der Waals surface area contributed by atoms with E-state index in [2.05, 4.69) is 46.9 Å². The van der Waals surface area contributed by atoms with Crippen LogP contribution in [0.4, 0.5) is 5.69 Å². The van der Waals surface area contributed by atoms with Crippen molar-refractivity contribution in [3.8, 4) is 11.6 Å². The van der Waals surface area contributed by atoms with E-state index in [1.54, 1.807) is 37.3 Å². The minimum absolute atomic E-state index is 0.139. The number of fused-ring (bicyclic) bond motifs is 1. The molecule has 4 rings (SSSR count). The first kappa shape index (κ1) is 21.8. The quantitative estimate of drug-likeness (QED) is 0.189. The topological polar surface area (TPSA) is 113 Å². The number of aryl methyl sites for hydroxylation is 1. The molecule has 11 heteroatoms. The predicted molar refractivity (Wildman–Crippen MR) is 127 cm³/mol. The number of aromatic nitrogens is 3. The van der Waals surface area contributed by atoms with E-state index in [0.29, 0.717) is 28.0 Å². The van der Waals surface area contributed by atoms with Crippen LogP contribution in [0.25, 0.3) is 10.9 Å². The molecule has 9 nitrogen and oxygen atoms in total. The van der Waals surface area contributed by atoms with E-state index >= 15 is 0 Å². The Morgan fingerprint density at radius 1 is 1.12 bits per heavy atom. The smallest absolute Gasteiger partial charge is 0.287 e. The summed E-state index contributed by atoms with van der Waals surface area (Å²) in [5.74, 6) is 1.01. The van der Waals surface area contributed by atoms with Crippen molar-refractivity contribution in [2.75, 3.05) is 0 Å². The minimum Gasteiger partial charge on any atom is -0.438 e. The van der Waals surface area contributed by atoms with Gasteiger partial charge in [0.15, 0.2) is 0 Å². The minimum atomic E-state index is -0.537. The number of hydrogen-bond acceptors (Lipinski definition) is 7. The van der Waals surface area contributed by atoms with Gasteiger partial charge >= 0.3 is 0 Å². The van der Waals surface area contributed by atoms with Crippen LogP contribution in [0.2, 0.25) is 0 Å². The molecule has 4 aromatic rings. The molecule has 0 aliphatic rings. The number of hydrogen-bond donors (Lipinski definition) is 0. The SMILES string of the molecule is Cc1nc2ccc(Br)cc2c(=O)n1N=Cc1cc(Br)ccc1Oc1ccc([N+](=O)[O-])cn1. The van der Waals surface area contributed by atoms with Gasteiger partial charge in [0.05, 0.1) is 22.0 Å². The highest BCUT2D eigenvalue weighted by Crippen LogP contribution is 2.27. The highest BCUT2D eigenvalue weighted by Gasteiger charge is 2.11. The molecule has 0 aliphatic carbocycles. The largest absolute Gasteiger partial charge is 0.438 e. The van der Waals surface area contributed by atoms with Crippen molar-refractivity contribution in [1.29, 1.82) is 0 Å². The van der Waals surface area contributed by atoms with E-state index in [0.717, 1.165) is 15.1 Å². The third-order valence-electron chi connectivity index (χ3n) is 4.40. The molecule has 32 heavy (non-hydrogen) atoms. The molecule has 0 bridgehead atoms. The molecule has 0 N–H and O–H groups in total. The molecule has 0 saturated carbocycles. The molecule has 0 radical (unpaired) electrons. The van der Waals surface area contributed by atoms with E-state index in [-0.39, 0.29) is 17.1 Å². The van der Waals surface area contributed by atoms with Crippen LogP contribution in [-0.2, 0) is 0 Å². The third-order valence-corrected chi connectivity index (χ3v) is 5.39. The summed E-state index contributed by atoms with van der Waals surface area (Å²) < 4.78 is 8.53. The molecule has 2 aromatic carbocycles. The fourth-order valence-corrected chi connectivity index (χ4v) is 3.62. The Bertz CT molecular complexity index is 1440. The van der Waals surface area contributed by atoms with Gasteiger partial charge in [0.1, 0.15) is 17.8 Å². The fraction of sp³-hybridized carbons (Fsp3) is 0.0476. The van der Waals surface area contributed by atoms with Crippen LogP contribution in [0.1, 0.15) is 11.4 Å². The first-order valence-electron chi connectivity index (χ1n) is 9.13. The lowest BCUT2D eigenvalue weighted by molar-refractivity contribution is -0.385. The molecular formula is C21H13Br2N5O4. The highest BCUT2D eigenvalue weighted by molar-refractivity contribution is 9.10. The average molecular weight is 559 g/mol. The highest BCUT2D eigenvalue weighted by atomic mass is 79.9. The van der Waals surface area contributed by atoms with Gasteiger partial charge in [0.25, 0.3) is 11.2 Å². The Morgan fingerprint density at radius 2 is 1.88 bits per heavy atom. The monoisotopic (exact) mass is 557 g/mol. The summed E-state index contributed by atoms with van der Waals surface area (Å²) in [7, 11) is 0. The molecular weight excluding hydrogens is 546 g/mol. The van der Waals surface area contributed by atoms with Gasteiger partial charge in [0, 0.05) is 26.6 Å². The van der Waals surface area contributed by atoms with Crippen molar-refractivity contribution < 1.29 is 9.66 Å². The lowest BCUT2D eigenvalue weighted by atomic mass is 10.2. The predicted octanol–water partition coefficient (Wildman–Crippen LogP) is 5.21. The summed E-state index contributed by atoms with van der Waals surface area (Å²) in [5, 5.41) is 15.6. The molecule has 0 atom stereocenters. The molecule has 2 heterocycles. The van der Waals surface area contributed by atoms with Crippen LogP contribution in [0.15, 0.2) is 73.6 Å². The van der Waals surface area contributed by atoms with Gasteiger partial charge in [-0.1, -0.05) is 31.9 Å². The molecule has 0 aliphatic heterocycles. The number of nitrogens with zero attached hydrogens (tertiary/aromatic N) is 5. The summed E-state index contributed by atoms with van der Waals surface area (Å²) in [4.78, 5) is 31.6. The van der Waals surface area contributed by atoms with Crippen LogP contribution in [-0.4, -0.2) is 25.8 Å². The number of rotatable bonds is 5. The zero-order chi connectivity index (χ0) is 22.8. The van der Waals surface area contributed by atoms with Gasteiger partial charge in [0.2, 0.25) is 5.88 Å². The van der Waals surface area contributed by atoms with Crippen LogP contribution >= 0.6 is 31.9 Å². The van der Waals surface area contributed by atoms with Gasteiger partial charge in [-0.15, -0.1) is 0 Å². The Kier molecular flexibility index (Phi) is 6.10. The van der Waals surface area contributed by atoms with Crippen molar-refractivity contribution in [1.82, 2.24) is 14.6 Å². The number of benzene rings is 2. The maximum Gasteiger partial charge on any atom is 0.287 e. The van der Waals surface area contributed by atoms with E-state index in [4.69, 9.17) is 4.74 Å². The Hall–Kier alpha value is -3.44. The Morgan fingerprint density at radius 3 is 2.59 bits per heavy atom. The second-order valence-corrected chi connectivity index (χ2v) is 8.41. The van der Waals surface area contributed by atoms with Crippen LogP contribution < -0.4 is 10.3 Å². The van der Waals surface area contributed by atoms with Crippen molar-refractivity contribution in [3.05, 3.63) is 95.5 Å². The fourth-order valence-electron chi connectivity index (χ4n) is 2.88. The first-order valence-corrected chi connectivity index (χ1v) is 10.7. The van der Waals surface area contributed by atoms with Gasteiger partial charge in [-0.05, 0) is 43.3 Å². The van der Waals surface area contributed by atoms with Crippen LogP contribution in [0.5, 0.6) is 11.6 Å². The van der Waals surface area contributed by atoms with Gasteiger partial charge in [-0.3, -0.25) is 14.9 Å². The normalized spacial score (nSPS) is 11.2. The van der Waals surface area contributed by atoms with Gasteiger partial charge in [-0.2, -0.15) is 9.78 Å². The summed E-state index contributed by atoms with van der Waals surface area (Å²) >= 11 is 6.78. The molecule has 160 valence electrons. The molecule has 0 fully saturated rings. The van der Waals surface area contributed by atoms with Gasteiger partial charge < -0.3 is 4.74 Å². The lowest BCUT2D eigenvalue weighted by Gasteiger charge is -2.09. The zero-order valence-corrected chi connectivity index (χ0v) is 19.6. The second kappa shape index (κ2) is 8.97. The molecule has 0 saturated heterocycles. The standard InChI is InChI=1S/C21H13Br2N5O4/c1-12-26-18-5-2-15(23)9-17(18)21(29)27(12)25-10-13-8-14(22)3-6-19(13)32-20-7-4-16(11-24-20)28(30)31/h2-11H,1H3. The summed E-state index contributed by atoms with van der Waals surface area (Å²) in [6.07, 6.45) is 2.59. The van der Waals surface area contributed by atoms with E-state index in [1.807, 2.05) is 6.07 Å². The van der Waals surface area contributed by atoms with Crippen molar-refractivity contribution in [2.24, 2.45) is 5.10 Å². The summed E-state index contributed by atoms with van der Waals surface area (Å²) in [5.41, 5.74) is 0.692. The second-order valence-electron chi connectivity index (χ2n) is 6.58. The summed E-state index contributed by atoms with van der Waals surface area (Å²) in [6.45, 7) is 1.69. The van der Waals surface area contributed by atoms with Crippen molar-refractivity contribution in [3.63, 3.8) is 0 Å². The lowest BCUT2D eigenvalue weighted by Crippen LogP contribution is -2.20. The Balaban J connectivity index is 1.71. The molecule has 0 spiro atoms. The zero-order valence-electron chi connectivity index (χ0n) is 16.4. The summed E-state index contributed by atoms with van der Waals surface area (Å²) in [6, 6.07) is 13.2. The van der Waals surface area contributed by atoms with E-state index < -0.39 is 4.92 Å². The van der Waals surface area contributed by atoms with E-state index in [9.17, 15) is 14.9 Å². The third kappa shape index (κ3) is 4.58. The number of nitro groups is 1. The Labute approximate surface area is 197 Å². The molecule has 0 unspecified atom stereocenters. The number of halogens is 2. The number of ether oxygens (including phenoxy) is 1. The molecule has 2 aromatic heterocycles. The van der Waals surface area contributed by atoms with Gasteiger partial charge in [-0.25, -0.2) is 9.97 Å². The maximum atomic E-state index is 12.9. The average Bonchev–Trinajstić information content (AvgIpc) is 2.76. The van der Waals surface area contributed by atoms with Crippen LogP contribution in [0.3, 0.4) is 0 Å². The van der Waals surface area contributed by atoms with E-state index in [1.165, 1.54) is 23.0 Å².